The van der Waals surface area contributed by atoms with Crippen molar-refractivity contribution in [2.45, 2.75) is 6.10 Å². The second-order valence-electron chi connectivity index (χ2n) is 3.60. The number of ether oxygens (including phenoxy) is 2. The second kappa shape index (κ2) is 4.22. The van der Waals surface area contributed by atoms with E-state index in [0.717, 1.165) is 5.75 Å². The Bertz CT molecular complexity index is 548. The van der Waals surface area contributed by atoms with Crippen LogP contribution in [-0.4, -0.2) is 16.6 Å². The van der Waals surface area contributed by atoms with Crippen molar-refractivity contribution >= 4 is 11.6 Å². The highest BCUT2D eigenvalue weighted by Crippen LogP contribution is 2.34. The van der Waals surface area contributed by atoms with Gasteiger partial charge in [-0.3, -0.25) is 0 Å². The number of aromatic nitrogens is 2. The maximum atomic E-state index is 5.82. The van der Waals surface area contributed by atoms with Crippen LogP contribution in [0.2, 0.25) is 5.15 Å². The van der Waals surface area contributed by atoms with Crippen LogP contribution in [0.15, 0.2) is 36.5 Å². The fraction of sp³-hybridized carbons (Fsp3) is 0.167. The topological polar surface area (TPSA) is 44.2 Å². The van der Waals surface area contributed by atoms with Gasteiger partial charge >= 0.3 is 0 Å². The van der Waals surface area contributed by atoms with Crippen LogP contribution in [-0.2, 0) is 0 Å². The summed E-state index contributed by atoms with van der Waals surface area (Å²) in [6.45, 7) is 0.386. The molecule has 1 aromatic carbocycles. The molecule has 1 unspecified atom stereocenters. The van der Waals surface area contributed by atoms with Crippen LogP contribution < -0.4 is 9.47 Å². The predicted octanol–water partition coefficient (Wildman–Crippen LogP) is 2.64. The summed E-state index contributed by atoms with van der Waals surface area (Å²) in [5.41, 5.74) is 0. The maximum Gasteiger partial charge on any atom is 0.192 e. The second-order valence-corrected chi connectivity index (χ2v) is 3.99. The van der Waals surface area contributed by atoms with Gasteiger partial charge in [0, 0.05) is 6.20 Å². The van der Waals surface area contributed by atoms with Crippen molar-refractivity contribution in [1.29, 1.82) is 0 Å². The molecule has 2 heterocycles. The predicted molar refractivity (Wildman–Crippen MR) is 62.3 cm³/mol. The Hall–Kier alpha value is -1.81. The van der Waals surface area contributed by atoms with E-state index in [2.05, 4.69) is 9.97 Å². The van der Waals surface area contributed by atoms with Crippen LogP contribution in [0.4, 0.5) is 0 Å². The quantitative estimate of drug-likeness (QED) is 0.728. The molecule has 0 saturated heterocycles. The zero-order valence-electron chi connectivity index (χ0n) is 8.84. The summed E-state index contributed by atoms with van der Waals surface area (Å²) >= 11 is 5.82. The summed E-state index contributed by atoms with van der Waals surface area (Å²) in [4.78, 5) is 8.25. The minimum absolute atomic E-state index is 0.316. The number of benzene rings is 1. The minimum Gasteiger partial charge on any atom is -0.485 e. The van der Waals surface area contributed by atoms with E-state index >= 15 is 0 Å². The van der Waals surface area contributed by atoms with Crippen LogP contribution in [0, 0.1) is 0 Å². The fourth-order valence-corrected chi connectivity index (χ4v) is 1.80. The molecule has 1 atom stereocenters. The van der Waals surface area contributed by atoms with Crippen LogP contribution in [0.3, 0.4) is 0 Å². The number of hydrogen-bond donors (Lipinski definition) is 0. The molecule has 0 fully saturated rings. The summed E-state index contributed by atoms with van der Waals surface area (Å²) < 4.78 is 11.3. The van der Waals surface area contributed by atoms with Crippen molar-refractivity contribution in [3.63, 3.8) is 0 Å². The van der Waals surface area contributed by atoms with Gasteiger partial charge in [-0.1, -0.05) is 23.7 Å². The molecule has 1 aliphatic rings. The van der Waals surface area contributed by atoms with Gasteiger partial charge in [0.15, 0.2) is 23.4 Å². The largest absolute Gasteiger partial charge is 0.485 e. The Morgan fingerprint density at radius 1 is 1.18 bits per heavy atom. The molecular weight excluding hydrogens is 240 g/mol. The summed E-state index contributed by atoms with van der Waals surface area (Å²) in [6.07, 6.45) is 1.29. The van der Waals surface area contributed by atoms with Gasteiger partial charge in [-0.25, -0.2) is 9.97 Å². The minimum atomic E-state index is -0.316. The van der Waals surface area contributed by atoms with Crippen LogP contribution in [0.1, 0.15) is 11.9 Å². The Balaban J connectivity index is 1.89. The number of rotatable bonds is 1. The van der Waals surface area contributed by atoms with E-state index in [1.807, 2.05) is 24.3 Å². The summed E-state index contributed by atoms with van der Waals surface area (Å²) in [5.74, 6) is 1.98. The van der Waals surface area contributed by atoms with Crippen molar-refractivity contribution in [3.05, 3.63) is 47.5 Å². The number of fused-ring (bicyclic) bond motifs is 1. The first-order valence-electron chi connectivity index (χ1n) is 5.20. The van der Waals surface area contributed by atoms with Crippen molar-refractivity contribution in [2.75, 3.05) is 6.61 Å². The SMILES string of the molecule is Clc1ccnc(C2COc3ccccc3O2)n1. The van der Waals surface area contributed by atoms with Crippen molar-refractivity contribution in [3.8, 4) is 11.5 Å². The average Bonchev–Trinajstić information content (AvgIpc) is 2.38. The number of nitrogens with zero attached hydrogens (tertiary/aromatic N) is 2. The molecule has 3 rings (SSSR count). The first kappa shape index (κ1) is 10.4. The van der Waals surface area contributed by atoms with E-state index in [1.54, 1.807) is 12.3 Å². The van der Waals surface area contributed by atoms with Gasteiger partial charge in [-0.05, 0) is 18.2 Å². The highest BCUT2D eigenvalue weighted by molar-refractivity contribution is 6.29. The monoisotopic (exact) mass is 248 g/mol. The lowest BCUT2D eigenvalue weighted by Crippen LogP contribution is -2.23. The molecule has 0 N–H and O–H groups in total. The number of halogens is 1. The van der Waals surface area contributed by atoms with E-state index in [4.69, 9.17) is 21.1 Å². The molecule has 0 radical (unpaired) electrons. The van der Waals surface area contributed by atoms with Gasteiger partial charge in [-0.2, -0.15) is 0 Å². The van der Waals surface area contributed by atoms with E-state index in [9.17, 15) is 0 Å². The molecule has 4 nitrogen and oxygen atoms in total. The highest BCUT2D eigenvalue weighted by Gasteiger charge is 2.24. The molecule has 2 aromatic rings. The third-order valence-electron chi connectivity index (χ3n) is 2.44. The lowest BCUT2D eigenvalue weighted by molar-refractivity contribution is 0.0850. The van der Waals surface area contributed by atoms with Crippen molar-refractivity contribution in [2.24, 2.45) is 0 Å². The Morgan fingerprint density at radius 3 is 2.82 bits per heavy atom. The smallest absolute Gasteiger partial charge is 0.192 e. The fourth-order valence-electron chi connectivity index (χ4n) is 1.65. The summed E-state index contributed by atoms with van der Waals surface area (Å²) in [5, 5.41) is 0.400. The van der Waals surface area contributed by atoms with E-state index in [0.29, 0.717) is 23.3 Å². The first-order valence-corrected chi connectivity index (χ1v) is 5.57. The molecule has 0 bridgehead atoms. The number of para-hydroxylation sites is 2. The molecule has 0 amide bonds. The highest BCUT2D eigenvalue weighted by atomic mass is 35.5. The van der Waals surface area contributed by atoms with Gasteiger partial charge in [0.2, 0.25) is 0 Å². The third-order valence-corrected chi connectivity index (χ3v) is 2.65. The van der Waals surface area contributed by atoms with E-state index in [1.165, 1.54) is 0 Å². The molecule has 86 valence electrons. The van der Waals surface area contributed by atoms with Gasteiger partial charge in [0.1, 0.15) is 11.8 Å². The first-order chi connectivity index (χ1) is 8.33. The molecule has 0 spiro atoms. The van der Waals surface area contributed by atoms with E-state index in [-0.39, 0.29) is 6.10 Å². The molecule has 0 saturated carbocycles. The molecule has 17 heavy (non-hydrogen) atoms. The maximum absolute atomic E-state index is 5.82. The zero-order chi connectivity index (χ0) is 11.7. The lowest BCUT2D eigenvalue weighted by atomic mass is 10.2. The van der Waals surface area contributed by atoms with Crippen LogP contribution in [0.25, 0.3) is 0 Å². The van der Waals surface area contributed by atoms with Crippen molar-refractivity contribution < 1.29 is 9.47 Å². The molecule has 0 aliphatic carbocycles. The lowest BCUT2D eigenvalue weighted by Gasteiger charge is -2.25. The molecular formula is C12H9ClN2O2. The normalized spacial score (nSPS) is 17.8. The average molecular weight is 249 g/mol. The Morgan fingerprint density at radius 2 is 2.00 bits per heavy atom. The Labute approximate surface area is 103 Å². The number of hydrogen-bond acceptors (Lipinski definition) is 4. The van der Waals surface area contributed by atoms with Gasteiger partial charge in [0.05, 0.1) is 0 Å². The van der Waals surface area contributed by atoms with Crippen molar-refractivity contribution in [1.82, 2.24) is 9.97 Å². The zero-order valence-corrected chi connectivity index (χ0v) is 9.59. The van der Waals surface area contributed by atoms with Crippen LogP contribution in [0.5, 0.6) is 11.5 Å². The van der Waals surface area contributed by atoms with E-state index < -0.39 is 0 Å². The molecule has 1 aliphatic heterocycles. The van der Waals surface area contributed by atoms with Gasteiger partial charge in [0.25, 0.3) is 0 Å². The van der Waals surface area contributed by atoms with Gasteiger partial charge < -0.3 is 9.47 Å². The molecule has 5 heteroatoms. The summed E-state index contributed by atoms with van der Waals surface area (Å²) in [7, 11) is 0. The standard InChI is InChI=1S/C12H9ClN2O2/c13-11-5-6-14-12(15-11)10-7-16-8-3-1-2-4-9(8)17-10/h1-6,10H,7H2. The Kier molecular flexibility index (Phi) is 2.57. The van der Waals surface area contributed by atoms with Gasteiger partial charge in [-0.15, -0.1) is 0 Å². The molecule has 1 aromatic heterocycles. The third kappa shape index (κ3) is 2.03. The summed E-state index contributed by atoms with van der Waals surface area (Å²) in [6, 6.07) is 9.14. The van der Waals surface area contributed by atoms with Crippen LogP contribution >= 0.6 is 11.6 Å².